The predicted molar refractivity (Wildman–Crippen MR) is 79.9 cm³/mol. The van der Waals surface area contributed by atoms with Crippen LogP contribution in [0, 0.1) is 5.82 Å². The van der Waals surface area contributed by atoms with Crippen molar-refractivity contribution in [3.63, 3.8) is 0 Å². The highest BCUT2D eigenvalue weighted by molar-refractivity contribution is 9.10. The molecule has 0 amide bonds. The molecule has 2 aromatic rings. The predicted octanol–water partition coefficient (Wildman–Crippen LogP) is 4.16. The average Bonchev–Trinajstić information content (AvgIpc) is 2.73. The summed E-state index contributed by atoms with van der Waals surface area (Å²) >= 11 is 8.53. The molecule has 96 valence electrons. The summed E-state index contributed by atoms with van der Waals surface area (Å²) in [4.78, 5) is 1.20. The Morgan fingerprint density at radius 2 is 2.06 bits per heavy atom. The monoisotopic (exact) mass is 392 g/mol. The van der Waals surface area contributed by atoms with Crippen LogP contribution in [0.1, 0.15) is 16.5 Å². The minimum Gasteiger partial charge on any atom is -0.271 e. The largest absolute Gasteiger partial charge is 0.271 e. The van der Waals surface area contributed by atoms with Gasteiger partial charge in [0.2, 0.25) is 0 Å². The number of hydrogen-bond acceptors (Lipinski definition) is 3. The van der Waals surface area contributed by atoms with Crippen LogP contribution in [-0.4, -0.2) is 0 Å². The van der Waals surface area contributed by atoms with Crippen LogP contribution in [0.15, 0.2) is 38.6 Å². The fourth-order valence-corrected chi connectivity index (χ4v) is 3.89. The van der Waals surface area contributed by atoms with Crippen molar-refractivity contribution in [1.29, 1.82) is 0 Å². The molecule has 0 saturated heterocycles. The van der Waals surface area contributed by atoms with Crippen LogP contribution in [0.2, 0.25) is 0 Å². The molecule has 18 heavy (non-hydrogen) atoms. The van der Waals surface area contributed by atoms with Gasteiger partial charge < -0.3 is 0 Å². The van der Waals surface area contributed by atoms with Gasteiger partial charge in [-0.25, -0.2) is 4.39 Å². The Morgan fingerprint density at radius 3 is 2.61 bits per heavy atom. The highest BCUT2D eigenvalue weighted by Crippen LogP contribution is 2.31. The van der Waals surface area contributed by atoms with Gasteiger partial charge in [0.25, 0.3) is 0 Å². The molecular formula is C12H11Br2FN2S. The van der Waals surface area contributed by atoms with Crippen molar-refractivity contribution in [3.05, 3.63) is 54.8 Å². The van der Waals surface area contributed by atoms with Crippen LogP contribution in [0.4, 0.5) is 4.39 Å². The van der Waals surface area contributed by atoms with Crippen LogP contribution < -0.4 is 11.3 Å². The topological polar surface area (TPSA) is 38.0 Å². The summed E-state index contributed by atoms with van der Waals surface area (Å²) < 4.78 is 14.9. The van der Waals surface area contributed by atoms with Gasteiger partial charge in [-0.15, -0.1) is 11.3 Å². The second-order valence-corrected chi connectivity index (χ2v) is 6.49. The molecular weight excluding hydrogens is 383 g/mol. The number of rotatable bonds is 4. The molecule has 1 aromatic carbocycles. The molecule has 0 fully saturated rings. The van der Waals surface area contributed by atoms with E-state index in [0.29, 0.717) is 0 Å². The molecule has 2 nitrogen and oxygen atoms in total. The van der Waals surface area contributed by atoms with Gasteiger partial charge in [-0.2, -0.15) is 0 Å². The number of hydrazine groups is 1. The van der Waals surface area contributed by atoms with E-state index in [1.807, 2.05) is 11.4 Å². The molecule has 2 rings (SSSR count). The quantitative estimate of drug-likeness (QED) is 0.604. The molecule has 3 N–H and O–H groups in total. The van der Waals surface area contributed by atoms with E-state index >= 15 is 0 Å². The van der Waals surface area contributed by atoms with Crippen LogP contribution >= 0.6 is 43.2 Å². The lowest BCUT2D eigenvalue weighted by Gasteiger charge is -2.17. The number of thiophene rings is 1. The second-order valence-electron chi connectivity index (χ2n) is 3.78. The second kappa shape index (κ2) is 6.25. The van der Waals surface area contributed by atoms with Crippen molar-refractivity contribution >= 4 is 43.2 Å². The van der Waals surface area contributed by atoms with Gasteiger partial charge in [0, 0.05) is 20.2 Å². The lowest BCUT2D eigenvalue weighted by Crippen LogP contribution is -2.29. The number of hydrogen-bond donors (Lipinski definition) is 2. The molecule has 6 heteroatoms. The lowest BCUT2D eigenvalue weighted by atomic mass is 10.0. The minimum absolute atomic E-state index is 0.0603. The normalized spacial score (nSPS) is 12.7. The fraction of sp³-hybridized carbons (Fsp3) is 0.167. The first-order chi connectivity index (χ1) is 8.61. The maximum Gasteiger partial charge on any atom is 0.124 e. The summed E-state index contributed by atoms with van der Waals surface area (Å²) in [6.45, 7) is 0. The van der Waals surface area contributed by atoms with Crippen LogP contribution in [0.3, 0.4) is 0 Å². The molecule has 1 atom stereocenters. The van der Waals surface area contributed by atoms with Crippen molar-refractivity contribution in [2.45, 2.75) is 12.5 Å². The maximum absolute atomic E-state index is 13.1. The Hall–Kier alpha value is -0.270. The van der Waals surface area contributed by atoms with Crippen molar-refractivity contribution in [3.8, 4) is 0 Å². The Morgan fingerprint density at radius 1 is 1.28 bits per heavy atom. The van der Waals surface area contributed by atoms with E-state index in [1.54, 1.807) is 17.4 Å². The number of nitrogens with one attached hydrogen (secondary N) is 1. The number of benzene rings is 1. The average molecular weight is 394 g/mol. The SMILES string of the molecule is NNC(Cc1sccc1Br)c1ccc(F)cc1Br. The van der Waals surface area contributed by atoms with E-state index in [0.717, 1.165) is 20.9 Å². The summed E-state index contributed by atoms with van der Waals surface area (Å²) in [5.41, 5.74) is 3.72. The highest BCUT2D eigenvalue weighted by Gasteiger charge is 2.16. The molecule has 0 saturated carbocycles. The van der Waals surface area contributed by atoms with Gasteiger partial charge in [-0.05, 0) is 45.1 Å². The van der Waals surface area contributed by atoms with E-state index in [-0.39, 0.29) is 11.9 Å². The summed E-state index contributed by atoms with van der Waals surface area (Å²) in [6, 6.07) is 6.57. The zero-order chi connectivity index (χ0) is 13.1. The third kappa shape index (κ3) is 3.19. The molecule has 0 aliphatic rings. The van der Waals surface area contributed by atoms with Gasteiger partial charge in [0.1, 0.15) is 5.82 Å². The summed E-state index contributed by atoms with van der Waals surface area (Å²) in [7, 11) is 0. The van der Waals surface area contributed by atoms with Crippen molar-refractivity contribution in [2.75, 3.05) is 0 Å². The lowest BCUT2D eigenvalue weighted by molar-refractivity contribution is 0.550. The Bertz CT molecular complexity index is 545. The van der Waals surface area contributed by atoms with E-state index in [9.17, 15) is 4.39 Å². The van der Waals surface area contributed by atoms with E-state index in [1.165, 1.54) is 17.0 Å². The van der Waals surface area contributed by atoms with E-state index in [2.05, 4.69) is 37.3 Å². The zero-order valence-electron chi connectivity index (χ0n) is 9.29. The third-order valence-corrected chi connectivity index (χ3v) is 5.26. The summed E-state index contributed by atoms with van der Waals surface area (Å²) in [5.74, 6) is 5.34. The maximum atomic E-state index is 13.1. The molecule has 1 aromatic heterocycles. The van der Waals surface area contributed by atoms with Gasteiger partial charge in [-0.3, -0.25) is 11.3 Å². The van der Waals surface area contributed by atoms with Crippen molar-refractivity contribution in [2.24, 2.45) is 5.84 Å². The fourth-order valence-electron chi connectivity index (χ4n) is 1.70. The summed E-state index contributed by atoms with van der Waals surface area (Å²) in [5, 5.41) is 2.02. The smallest absolute Gasteiger partial charge is 0.124 e. The van der Waals surface area contributed by atoms with Crippen LogP contribution in [-0.2, 0) is 6.42 Å². The number of halogens is 3. The summed E-state index contributed by atoms with van der Waals surface area (Å²) in [6.07, 6.45) is 0.749. The molecule has 0 aliphatic carbocycles. The van der Waals surface area contributed by atoms with Gasteiger partial charge in [-0.1, -0.05) is 22.0 Å². The Kier molecular flexibility index (Phi) is 4.91. The first kappa shape index (κ1) is 14.1. The minimum atomic E-state index is -0.265. The van der Waals surface area contributed by atoms with Gasteiger partial charge >= 0.3 is 0 Å². The van der Waals surface area contributed by atoms with Gasteiger partial charge in [0.15, 0.2) is 0 Å². The standard InChI is InChI=1S/C12H11Br2FN2S/c13-9-3-4-18-12(9)6-11(17-16)8-2-1-7(15)5-10(8)14/h1-5,11,17H,6,16H2. The highest BCUT2D eigenvalue weighted by atomic mass is 79.9. The molecule has 0 radical (unpaired) electrons. The molecule has 1 unspecified atom stereocenters. The van der Waals surface area contributed by atoms with Gasteiger partial charge in [0.05, 0.1) is 6.04 Å². The molecule has 1 heterocycles. The molecule has 0 aliphatic heterocycles. The van der Waals surface area contributed by atoms with E-state index < -0.39 is 0 Å². The van der Waals surface area contributed by atoms with Crippen molar-refractivity contribution in [1.82, 2.24) is 5.43 Å². The van der Waals surface area contributed by atoms with Crippen LogP contribution in [0.5, 0.6) is 0 Å². The molecule has 0 spiro atoms. The van der Waals surface area contributed by atoms with E-state index in [4.69, 9.17) is 5.84 Å². The Balaban J connectivity index is 2.26. The number of nitrogens with two attached hydrogens (primary N) is 1. The van der Waals surface area contributed by atoms with Crippen molar-refractivity contribution < 1.29 is 4.39 Å². The Labute approximate surface area is 126 Å². The zero-order valence-corrected chi connectivity index (χ0v) is 13.3. The third-order valence-electron chi connectivity index (χ3n) is 2.62. The first-order valence-electron chi connectivity index (χ1n) is 5.24. The first-order valence-corrected chi connectivity index (χ1v) is 7.71. The molecule has 0 bridgehead atoms. The van der Waals surface area contributed by atoms with Crippen LogP contribution in [0.25, 0.3) is 0 Å².